The molecule has 0 atom stereocenters. The second kappa shape index (κ2) is 6.23. The lowest BCUT2D eigenvalue weighted by Gasteiger charge is -2.34. The van der Waals surface area contributed by atoms with E-state index in [1.54, 1.807) is 19.2 Å². The Morgan fingerprint density at radius 2 is 2.05 bits per heavy atom. The Labute approximate surface area is 122 Å². The van der Waals surface area contributed by atoms with Gasteiger partial charge in [0.25, 0.3) is 0 Å². The zero-order valence-electron chi connectivity index (χ0n) is 10.7. The lowest BCUT2D eigenvalue weighted by Crippen LogP contribution is -2.46. The Morgan fingerprint density at radius 1 is 1.37 bits per heavy atom. The molecular weight excluding hydrogens is 287 g/mol. The van der Waals surface area contributed by atoms with Crippen LogP contribution in [0.5, 0.6) is 0 Å². The first-order chi connectivity index (χ1) is 9.09. The van der Waals surface area contributed by atoms with Gasteiger partial charge in [0, 0.05) is 39.6 Å². The topological polar surface area (TPSA) is 35.5 Å². The summed E-state index contributed by atoms with van der Waals surface area (Å²) in [6.07, 6.45) is 1.40. The fourth-order valence-electron chi connectivity index (χ4n) is 2.32. The van der Waals surface area contributed by atoms with Crippen LogP contribution >= 0.6 is 23.2 Å². The molecule has 1 aromatic carbocycles. The van der Waals surface area contributed by atoms with Gasteiger partial charge in [-0.2, -0.15) is 0 Å². The summed E-state index contributed by atoms with van der Waals surface area (Å²) in [7, 11) is 1.57. The Morgan fingerprint density at radius 3 is 2.68 bits per heavy atom. The van der Waals surface area contributed by atoms with E-state index in [-0.39, 0.29) is 12.2 Å². The Kier molecular flexibility index (Phi) is 4.85. The number of benzene rings is 1. The van der Waals surface area contributed by atoms with Crippen LogP contribution in [-0.2, 0) is 20.7 Å². The molecule has 1 aromatic rings. The molecule has 5 heteroatoms. The van der Waals surface area contributed by atoms with Gasteiger partial charge in [0.1, 0.15) is 5.60 Å². The highest BCUT2D eigenvalue weighted by atomic mass is 35.5. The number of carbonyl (C=O) groups is 1. The van der Waals surface area contributed by atoms with E-state index in [4.69, 9.17) is 32.7 Å². The van der Waals surface area contributed by atoms with Gasteiger partial charge in [-0.15, -0.1) is 0 Å². The maximum absolute atomic E-state index is 12.5. The Hall–Kier alpha value is -0.610. The van der Waals surface area contributed by atoms with Crippen LogP contribution in [0.4, 0.5) is 0 Å². The van der Waals surface area contributed by atoms with Gasteiger partial charge in [-0.05, 0) is 11.6 Å². The third-order valence-corrected chi connectivity index (χ3v) is 4.44. The van der Waals surface area contributed by atoms with E-state index in [1.807, 2.05) is 6.07 Å². The smallest absolute Gasteiger partial charge is 0.169 e. The molecule has 1 aliphatic heterocycles. The molecule has 0 N–H and O–H groups in total. The molecular formula is C14H16Cl2O3. The van der Waals surface area contributed by atoms with Crippen molar-refractivity contribution in [3.63, 3.8) is 0 Å². The van der Waals surface area contributed by atoms with Gasteiger partial charge >= 0.3 is 0 Å². The van der Waals surface area contributed by atoms with Crippen molar-refractivity contribution in [3.8, 4) is 0 Å². The van der Waals surface area contributed by atoms with Crippen molar-refractivity contribution in [2.24, 2.45) is 0 Å². The summed E-state index contributed by atoms with van der Waals surface area (Å²) in [6, 6.07) is 5.31. The summed E-state index contributed by atoms with van der Waals surface area (Å²) in [5.74, 6) is 0.0301. The largest absolute Gasteiger partial charge is 0.381 e. The van der Waals surface area contributed by atoms with Crippen molar-refractivity contribution in [2.45, 2.75) is 24.9 Å². The standard InChI is InChI=1S/C14H16Cl2O3/c1-18-14(5-7-19-8-6-14)12(17)9-10-3-2-4-11(15)13(10)16/h2-4H,5-9H2,1H3. The molecule has 3 nitrogen and oxygen atoms in total. The summed E-state index contributed by atoms with van der Waals surface area (Å²) in [6.45, 7) is 1.09. The van der Waals surface area contributed by atoms with Gasteiger partial charge in [0.2, 0.25) is 0 Å². The predicted molar refractivity (Wildman–Crippen MR) is 75.0 cm³/mol. The van der Waals surface area contributed by atoms with E-state index < -0.39 is 5.60 Å². The monoisotopic (exact) mass is 302 g/mol. The molecule has 0 bridgehead atoms. The molecule has 0 saturated carbocycles. The molecule has 1 fully saturated rings. The highest BCUT2D eigenvalue weighted by Gasteiger charge is 2.39. The highest BCUT2D eigenvalue weighted by molar-refractivity contribution is 6.42. The fourth-order valence-corrected chi connectivity index (χ4v) is 2.70. The number of hydrogen-bond acceptors (Lipinski definition) is 3. The van der Waals surface area contributed by atoms with Crippen LogP contribution < -0.4 is 0 Å². The molecule has 0 aliphatic carbocycles. The van der Waals surface area contributed by atoms with Crippen LogP contribution in [0.15, 0.2) is 18.2 Å². The van der Waals surface area contributed by atoms with Gasteiger partial charge in [-0.25, -0.2) is 0 Å². The summed E-state index contributed by atoms with van der Waals surface area (Å²) in [4.78, 5) is 12.5. The number of methoxy groups -OCH3 is 1. The Balaban J connectivity index is 2.17. The van der Waals surface area contributed by atoms with E-state index in [9.17, 15) is 4.79 Å². The number of Topliss-reactive ketones (excluding diaryl/α,β-unsaturated/α-hetero) is 1. The van der Waals surface area contributed by atoms with E-state index in [2.05, 4.69) is 0 Å². The highest BCUT2D eigenvalue weighted by Crippen LogP contribution is 2.30. The first kappa shape index (κ1) is 14.8. The SMILES string of the molecule is COC1(C(=O)Cc2cccc(Cl)c2Cl)CCOCC1. The number of rotatable bonds is 4. The number of hydrogen-bond donors (Lipinski definition) is 0. The number of carbonyl (C=O) groups excluding carboxylic acids is 1. The van der Waals surface area contributed by atoms with Crippen molar-refractivity contribution in [1.29, 1.82) is 0 Å². The van der Waals surface area contributed by atoms with E-state index in [0.29, 0.717) is 36.1 Å². The van der Waals surface area contributed by atoms with Crippen LogP contribution in [0.1, 0.15) is 18.4 Å². The molecule has 0 amide bonds. The number of ether oxygens (including phenoxy) is 2. The van der Waals surface area contributed by atoms with Gasteiger partial charge in [0.05, 0.1) is 10.0 Å². The number of halogens is 2. The molecule has 104 valence electrons. The van der Waals surface area contributed by atoms with Crippen LogP contribution in [0.2, 0.25) is 10.0 Å². The van der Waals surface area contributed by atoms with E-state index in [1.165, 1.54) is 0 Å². The average molecular weight is 303 g/mol. The second-order valence-corrected chi connectivity index (χ2v) is 5.41. The van der Waals surface area contributed by atoms with Crippen molar-refractivity contribution in [1.82, 2.24) is 0 Å². The second-order valence-electron chi connectivity index (χ2n) is 4.62. The van der Waals surface area contributed by atoms with Gasteiger partial charge in [-0.3, -0.25) is 4.79 Å². The third kappa shape index (κ3) is 3.11. The molecule has 0 radical (unpaired) electrons. The minimum Gasteiger partial charge on any atom is -0.381 e. The average Bonchev–Trinajstić information content (AvgIpc) is 2.44. The molecule has 0 spiro atoms. The van der Waals surface area contributed by atoms with E-state index >= 15 is 0 Å². The molecule has 1 heterocycles. The van der Waals surface area contributed by atoms with Crippen LogP contribution in [0.3, 0.4) is 0 Å². The first-order valence-electron chi connectivity index (χ1n) is 6.18. The van der Waals surface area contributed by atoms with E-state index in [0.717, 1.165) is 5.56 Å². The molecule has 0 aromatic heterocycles. The molecule has 0 unspecified atom stereocenters. The maximum atomic E-state index is 12.5. The fraction of sp³-hybridized carbons (Fsp3) is 0.500. The van der Waals surface area contributed by atoms with Crippen LogP contribution in [-0.4, -0.2) is 31.7 Å². The molecule has 2 rings (SSSR count). The zero-order valence-corrected chi connectivity index (χ0v) is 12.3. The molecule has 19 heavy (non-hydrogen) atoms. The molecule has 1 aliphatic rings. The summed E-state index contributed by atoms with van der Waals surface area (Å²) >= 11 is 12.1. The quantitative estimate of drug-likeness (QED) is 0.856. The van der Waals surface area contributed by atoms with Crippen LogP contribution in [0.25, 0.3) is 0 Å². The van der Waals surface area contributed by atoms with Gasteiger partial charge in [-0.1, -0.05) is 35.3 Å². The first-order valence-corrected chi connectivity index (χ1v) is 6.94. The van der Waals surface area contributed by atoms with Gasteiger partial charge < -0.3 is 9.47 Å². The van der Waals surface area contributed by atoms with Crippen molar-refractivity contribution in [3.05, 3.63) is 33.8 Å². The van der Waals surface area contributed by atoms with Crippen molar-refractivity contribution < 1.29 is 14.3 Å². The summed E-state index contributed by atoms with van der Waals surface area (Å²) in [5, 5.41) is 0.904. The summed E-state index contributed by atoms with van der Waals surface area (Å²) in [5.41, 5.74) is -0.00809. The van der Waals surface area contributed by atoms with Crippen molar-refractivity contribution >= 4 is 29.0 Å². The number of ketones is 1. The van der Waals surface area contributed by atoms with Gasteiger partial charge in [0.15, 0.2) is 5.78 Å². The minimum absolute atomic E-state index is 0.0301. The normalized spacial score (nSPS) is 18.3. The zero-order chi connectivity index (χ0) is 13.9. The predicted octanol–water partition coefficient (Wildman–Crippen LogP) is 3.30. The maximum Gasteiger partial charge on any atom is 0.169 e. The summed E-state index contributed by atoms with van der Waals surface area (Å²) < 4.78 is 10.8. The van der Waals surface area contributed by atoms with Crippen molar-refractivity contribution in [2.75, 3.05) is 20.3 Å². The van der Waals surface area contributed by atoms with Crippen LogP contribution in [0, 0.1) is 0 Å². The third-order valence-electron chi connectivity index (χ3n) is 3.58. The molecule has 1 saturated heterocycles. The minimum atomic E-state index is -0.746. The lowest BCUT2D eigenvalue weighted by molar-refractivity contribution is -0.151. The Bertz CT molecular complexity index is 468. The lowest BCUT2D eigenvalue weighted by atomic mass is 9.86.